The fraction of sp³-hybridized carbons (Fsp3) is 0.538. The molecule has 0 amide bonds. The molecule has 1 aromatic rings. The summed E-state index contributed by atoms with van der Waals surface area (Å²) in [4.78, 5) is 0. The summed E-state index contributed by atoms with van der Waals surface area (Å²) < 4.78 is 42.6. The minimum atomic E-state index is -4.31. The van der Waals surface area contributed by atoms with E-state index in [2.05, 4.69) is 0 Å². The Kier molecular flexibility index (Phi) is 5.16. The molecule has 0 aliphatic carbocycles. The Morgan fingerprint density at radius 2 is 1.78 bits per heavy atom. The van der Waals surface area contributed by atoms with Crippen LogP contribution in [0.4, 0.5) is 13.2 Å². The van der Waals surface area contributed by atoms with Crippen molar-refractivity contribution >= 4 is 0 Å². The molecule has 5 heteroatoms. The molecule has 2 N–H and O–H groups in total. The van der Waals surface area contributed by atoms with E-state index in [0.29, 0.717) is 12.2 Å². The van der Waals surface area contributed by atoms with E-state index in [1.54, 1.807) is 0 Å². The van der Waals surface area contributed by atoms with Gasteiger partial charge in [-0.1, -0.05) is 19.1 Å². The number of benzene rings is 1. The zero-order valence-corrected chi connectivity index (χ0v) is 10.5. The number of halogens is 3. The molecular formula is C13H18F3NO. The van der Waals surface area contributed by atoms with E-state index in [-0.39, 0.29) is 6.10 Å². The van der Waals surface area contributed by atoms with Gasteiger partial charge in [0.2, 0.25) is 0 Å². The molecule has 0 spiro atoms. The second kappa shape index (κ2) is 6.20. The number of hydrogen-bond acceptors (Lipinski definition) is 2. The molecule has 0 saturated heterocycles. The molecule has 0 aliphatic heterocycles. The van der Waals surface area contributed by atoms with Gasteiger partial charge < -0.3 is 10.5 Å². The van der Waals surface area contributed by atoms with Gasteiger partial charge in [-0.2, -0.15) is 13.2 Å². The molecule has 1 aromatic carbocycles. The zero-order valence-electron chi connectivity index (χ0n) is 10.5. The smallest absolute Gasteiger partial charge is 0.377 e. The van der Waals surface area contributed by atoms with E-state index in [4.69, 9.17) is 10.5 Å². The van der Waals surface area contributed by atoms with Crippen molar-refractivity contribution in [3.8, 4) is 0 Å². The molecule has 2 nitrogen and oxygen atoms in total. The largest absolute Gasteiger partial charge is 0.416 e. The van der Waals surface area contributed by atoms with Crippen LogP contribution in [0.5, 0.6) is 0 Å². The van der Waals surface area contributed by atoms with E-state index in [1.165, 1.54) is 12.1 Å². The standard InChI is InChI=1S/C13H18F3NO/c1-3-9(2)18-8-12(17)10-4-6-11(7-5-10)13(14,15)16/h4-7,9,12H,3,8,17H2,1-2H3. The summed E-state index contributed by atoms with van der Waals surface area (Å²) in [5.41, 5.74) is 5.83. The van der Waals surface area contributed by atoms with E-state index < -0.39 is 17.8 Å². The molecule has 0 bridgehead atoms. The maximum Gasteiger partial charge on any atom is 0.416 e. The minimum absolute atomic E-state index is 0.102. The SMILES string of the molecule is CCC(C)OCC(N)c1ccc(C(F)(F)F)cc1. The molecule has 0 aliphatic rings. The van der Waals surface area contributed by atoms with Crippen LogP contribution in [0.1, 0.15) is 37.4 Å². The fourth-order valence-corrected chi connectivity index (χ4v) is 1.40. The van der Waals surface area contributed by atoms with E-state index in [0.717, 1.165) is 18.6 Å². The molecule has 1 rings (SSSR count). The second-order valence-electron chi connectivity index (χ2n) is 4.28. The summed E-state index contributed by atoms with van der Waals surface area (Å²) in [6.07, 6.45) is -3.33. The van der Waals surface area contributed by atoms with Crippen LogP contribution in [0, 0.1) is 0 Å². The maximum atomic E-state index is 12.4. The predicted octanol–water partition coefficient (Wildman–Crippen LogP) is 3.52. The third-order valence-corrected chi connectivity index (χ3v) is 2.80. The highest BCUT2D eigenvalue weighted by Gasteiger charge is 2.30. The Labute approximate surface area is 105 Å². The molecule has 102 valence electrons. The van der Waals surface area contributed by atoms with Crippen LogP contribution in [-0.2, 0) is 10.9 Å². The summed E-state index contributed by atoms with van der Waals surface area (Å²) >= 11 is 0. The summed E-state index contributed by atoms with van der Waals surface area (Å²) in [5, 5.41) is 0. The van der Waals surface area contributed by atoms with Crippen molar-refractivity contribution in [1.29, 1.82) is 0 Å². The monoisotopic (exact) mass is 261 g/mol. The number of alkyl halides is 3. The molecule has 2 atom stereocenters. The Morgan fingerprint density at radius 3 is 2.22 bits per heavy atom. The van der Waals surface area contributed by atoms with Gasteiger partial charge in [0.1, 0.15) is 0 Å². The third-order valence-electron chi connectivity index (χ3n) is 2.80. The van der Waals surface area contributed by atoms with Gasteiger partial charge in [-0.05, 0) is 31.0 Å². The van der Waals surface area contributed by atoms with Crippen LogP contribution >= 0.6 is 0 Å². The van der Waals surface area contributed by atoms with Crippen LogP contribution in [0.25, 0.3) is 0 Å². The number of ether oxygens (including phenoxy) is 1. The molecule has 0 heterocycles. The molecule has 0 fully saturated rings. The highest BCUT2D eigenvalue weighted by molar-refractivity contribution is 5.26. The molecular weight excluding hydrogens is 243 g/mol. The van der Waals surface area contributed by atoms with Crippen molar-refractivity contribution in [3.63, 3.8) is 0 Å². The average molecular weight is 261 g/mol. The fourth-order valence-electron chi connectivity index (χ4n) is 1.40. The van der Waals surface area contributed by atoms with Crippen LogP contribution in [0.15, 0.2) is 24.3 Å². The van der Waals surface area contributed by atoms with Gasteiger partial charge in [-0.25, -0.2) is 0 Å². The van der Waals surface area contributed by atoms with E-state index in [1.807, 2.05) is 13.8 Å². The zero-order chi connectivity index (χ0) is 13.8. The molecule has 0 aromatic heterocycles. The van der Waals surface area contributed by atoms with Gasteiger partial charge in [0.15, 0.2) is 0 Å². The average Bonchev–Trinajstić information content (AvgIpc) is 2.34. The number of rotatable bonds is 5. The summed E-state index contributed by atoms with van der Waals surface area (Å²) in [5.74, 6) is 0. The Balaban J connectivity index is 2.62. The lowest BCUT2D eigenvalue weighted by molar-refractivity contribution is -0.137. The number of nitrogens with two attached hydrogens (primary N) is 1. The first-order valence-electron chi connectivity index (χ1n) is 5.89. The Hall–Kier alpha value is -1.07. The quantitative estimate of drug-likeness (QED) is 0.880. The summed E-state index contributed by atoms with van der Waals surface area (Å²) in [6.45, 7) is 4.23. The van der Waals surface area contributed by atoms with Crippen LogP contribution in [0.3, 0.4) is 0 Å². The van der Waals surface area contributed by atoms with Crippen molar-refractivity contribution in [2.75, 3.05) is 6.61 Å². The highest BCUT2D eigenvalue weighted by Crippen LogP contribution is 2.29. The van der Waals surface area contributed by atoms with Gasteiger partial charge in [0.05, 0.1) is 24.3 Å². The van der Waals surface area contributed by atoms with Gasteiger partial charge in [-0.3, -0.25) is 0 Å². The van der Waals surface area contributed by atoms with Crippen molar-refractivity contribution < 1.29 is 17.9 Å². The molecule has 18 heavy (non-hydrogen) atoms. The predicted molar refractivity (Wildman–Crippen MR) is 64.1 cm³/mol. The molecule has 0 saturated carbocycles. The first-order chi connectivity index (χ1) is 8.34. The summed E-state index contributed by atoms with van der Waals surface area (Å²) in [6, 6.07) is 4.47. The van der Waals surface area contributed by atoms with Crippen molar-refractivity contribution in [3.05, 3.63) is 35.4 Å². The van der Waals surface area contributed by atoms with Crippen LogP contribution in [0.2, 0.25) is 0 Å². The van der Waals surface area contributed by atoms with Crippen molar-refractivity contribution in [2.45, 2.75) is 38.6 Å². The topological polar surface area (TPSA) is 35.2 Å². The maximum absolute atomic E-state index is 12.4. The lowest BCUT2D eigenvalue weighted by Crippen LogP contribution is -2.20. The first-order valence-corrected chi connectivity index (χ1v) is 5.89. The number of hydrogen-bond donors (Lipinski definition) is 1. The van der Waals surface area contributed by atoms with Crippen LogP contribution in [-0.4, -0.2) is 12.7 Å². The second-order valence-corrected chi connectivity index (χ2v) is 4.28. The third kappa shape index (κ3) is 4.31. The normalized spacial score (nSPS) is 15.4. The van der Waals surface area contributed by atoms with Gasteiger partial charge in [-0.15, -0.1) is 0 Å². The summed E-state index contributed by atoms with van der Waals surface area (Å²) in [7, 11) is 0. The lowest BCUT2D eigenvalue weighted by atomic mass is 10.1. The van der Waals surface area contributed by atoms with Crippen molar-refractivity contribution in [1.82, 2.24) is 0 Å². The van der Waals surface area contributed by atoms with Crippen molar-refractivity contribution in [2.24, 2.45) is 5.73 Å². The van der Waals surface area contributed by atoms with Gasteiger partial charge in [0.25, 0.3) is 0 Å². The first kappa shape index (κ1) is 15.0. The highest BCUT2D eigenvalue weighted by atomic mass is 19.4. The van der Waals surface area contributed by atoms with Gasteiger partial charge in [0, 0.05) is 0 Å². The van der Waals surface area contributed by atoms with Crippen LogP contribution < -0.4 is 5.73 Å². The lowest BCUT2D eigenvalue weighted by Gasteiger charge is -2.16. The Morgan fingerprint density at radius 1 is 1.22 bits per heavy atom. The Bertz CT molecular complexity index is 361. The van der Waals surface area contributed by atoms with Gasteiger partial charge >= 0.3 is 6.18 Å². The van der Waals surface area contributed by atoms with E-state index in [9.17, 15) is 13.2 Å². The van der Waals surface area contributed by atoms with E-state index >= 15 is 0 Å². The minimum Gasteiger partial charge on any atom is -0.377 e. The molecule has 2 unspecified atom stereocenters. The molecule has 0 radical (unpaired) electrons.